The van der Waals surface area contributed by atoms with Crippen LogP contribution in [0.3, 0.4) is 0 Å². The van der Waals surface area contributed by atoms with Gasteiger partial charge in [0.2, 0.25) is 5.91 Å². The average Bonchev–Trinajstić information content (AvgIpc) is 3.32. The van der Waals surface area contributed by atoms with Crippen molar-refractivity contribution in [2.45, 2.75) is 16.7 Å². The van der Waals surface area contributed by atoms with Gasteiger partial charge in [-0.3, -0.25) is 4.79 Å². The largest absolute Gasteiger partial charge is 0.353 e. The lowest BCUT2D eigenvalue weighted by molar-refractivity contribution is -0.129. The van der Waals surface area contributed by atoms with Gasteiger partial charge in [-0.15, -0.1) is 0 Å². The first-order valence-corrected chi connectivity index (χ1v) is 11.9. The van der Waals surface area contributed by atoms with E-state index in [1.165, 1.54) is 11.8 Å². The zero-order valence-corrected chi connectivity index (χ0v) is 19.9. The summed E-state index contributed by atoms with van der Waals surface area (Å²) in [5.74, 6) is 0.981. The number of rotatable bonds is 4. The zero-order valence-electron chi connectivity index (χ0n) is 19.0. The van der Waals surface area contributed by atoms with Gasteiger partial charge in [-0.25, -0.2) is 9.50 Å². The van der Waals surface area contributed by atoms with Crippen molar-refractivity contribution in [2.24, 2.45) is 0 Å². The second-order valence-electron chi connectivity index (χ2n) is 8.16. The Hall–Kier alpha value is -4.34. The lowest BCUT2D eigenvalue weighted by atomic mass is 10.1. The van der Waals surface area contributed by atoms with Gasteiger partial charge in [0.1, 0.15) is 18.0 Å². The van der Waals surface area contributed by atoms with Crippen molar-refractivity contribution in [3.05, 3.63) is 72.2 Å². The van der Waals surface area contributed by atoms with Gasteiger partial charge in [-0.2, -0.15) is 15.6 Å². The molecule has 0 atom stereocenters. The van der Waals surface area contributed by atoms with Gasteiger partial charge >= 0.3 is 0 Å². The molecule has 35 heavy (non-hydrogen) atoms. The van der Waals surface area contributed by atoms with Crippen molar-refractivity contribution in [1.29, 1.82) is 10.5 Å². The van der Waals surface area contributed by atoms with Gasteiger partial charge in [0.25, 0.3) is 0 Å². The Morgan fingerprint density at radius 3 is 2.40 bits per heavy atom. The van der Waals surface area contributed by atoms with Gasteiger partial charge in [0, 0.05) is 66.4 Å². The number of pyridine rings is 2. The third kappa shape index (κ3) is 4.42. The number of carbonyl (C=O) groups excluding carboxylic acids is 1. The molecule has 4 heterocycles. The number of piperazine rings is 1. The highest BCUT2D eigenvalue weighted by Crippen LogP contribution is 2.37. The molecule has 0 N–H and O–H groups in total. The van der Waals surface area contributed by atoms with Crippen molar-refractivity contribution in [1.82, 2.24) is 19.5 Å². The number of hydrogen-bond donors (Lipinski definition) is 0. The van der Waals surface area contributed by atoms with Crippen LogP contribution >= 0.6 is 11.8 Å². The van der Waals surface area contributed by atoms with Gasteiger partial charge in [0.15, 0.2) is 0 Å². The summed E-state index contributed by atoms with van der Waals surface area (Å²) in [7, 11) is 0. The highest BCUT2D eigenvalue weighted by atomic mass is 32.2. The fraction of sp³-hybridized carbons (Fsp3) is 0.192. The first-order chi connectivity index (χ1) is 17.1. The minimum Gasteiger partial charge on any atom is -0.353 e. The Balaban J connectivity index is 1.48. The van der Waals surface area contributed by atoms with Crippen LogP contribution in [0.4, 0.5) is 5.82 Å². The van der Waals surface area contributed by atoms with E-state index in [9.17, 15) is 15.3 Å². The topological polar surface area (TPSA) is 101 Å². The quantitative estimate of drug-likeness (QED) is 0.437. The zero-order chi connectivity index (χ0) is 24.4. The van der Waals surface area contributed by atoms with Crippen LogP contribution in [0.5, 0.6) is 0 Å². The SMILES string of the molecule is CC(=O)N1CCN(c2ccc(-c3cc(Sc4ccccc4C#N)c4c(C#N)cnn4c3)cn2)CC1. The van der Waals surface area contributed by atoms with Crippen LogP contribution in [0.15, 0.2) is 70.8 Å². The molecule has 9 heteroatoms. The molecule has 172 valence electrons. The van der Waals surface area contributed by atoms with Crippen molar-refractivity contribution < 1.29 is 4.79 Å². The summed E-state index contributed by atoms with van der Waals surface area (Å²) in [5.41, 5.74) is 3.59. The second-order valence-corrected chi connectivity index (χ2v) is 9.25. The first kappa shape index (κ1) is 22.5. The number of benzene rings is 1. The Bertz CT molecular complexity index is 1490. The van der Waals surface area contributed by atoms with E-state index >= 15 is 0 Å². The average molecular weight is 480 g/mol. The number of fused-ring (bicyclic) bond motifs is 1. The summed E-state index contributed by atoms with van der Waals surface area (Å²) < 4.78 is 1.71. The summed E-state index contributed by atoms with van der Waals surface area (Å²) in [6, 6.07) is 17.9. The van der Waals surface area contributed by atoms with E-state index in [0.717, 1.165) is 39.8 Å². The second kappa shape index (κ2) is 9.49. The molecule has 1 saturated heterocycles. The molecule has 0 bridgehead atoms. The van der Waals surface area contributed by atoms with E-state index in [-0.39, 0.29) is 5.91 Å². The van der Waals surface area contributed by atoms with Gasteiger partial charge in [-0.05, 0) is 30.3 Å². The molecule has 5 rings (SSSR count). The van der Waals surface area contributed by atoms with Gasteiger partial charge < -0.3 is 9.80 Å². The maximum absolute atomic E-state index is 11.6. The smallest absolute Gasteiger partial charge is 0.219 e. The molecule has 8 nitrogen and oxygen atoms in total. The van der Waals surface area contributed by atoms with E-state index < -0.39 is 0 Å². The third-order valence-electron chi connectivity index (χ3n) is 6.05. The number of amides is 1. The van der Waals surface area contributed by atoms with Crippen LogP contribution < -0.4 is 4.90 Å². The highest BCUT2D eigenvalue weighted by Gasteiger charge is 2.20. The lowest BCUT2D eigenvalue weighted by Gasteiger charge is -2.34. The fourth-order valence-corrected chi connectivity index (χ4v) is 5.26. The van der Waals surface area contributed by atoms with E-state index in [4.69, 9.17) is 0 Å². The number of hydrogen-bond acceptors (Lipinski definition) is 7. The van der Waals surface area contributed by atoms with E-state index in [2.05, 4.69) is 27.1 Å². The molecule has 0 spiro atoms. The molecule has 1 aromatic carbocycles. The summed E-state index contributed by atoms with van der Waals surface area (Å²) in [5, 5.41) is 23.5. The predicted molar refractivity (Wildman–Crippen MR) is 133 cm³/mol. The number of aromatic nitrogens is 3. The molecular weight excluding hydrogens is 458 g/mol. The maximum atomic E-state index is 11.6. The number of nitrogens with zero attached hydrogens (tertiary/aromatic N) is 7. The molecule has 1 amide bonds. The highest BCUT2D eigenvalue weighted by molar-refractivity contribution is 7.99. The van der Waals surface area contributed by atoms with Crippen molar-refractivity contribution >= 4 is 29.0 Å². The molecule has 1 aliphatic heterocycles. The lowest BCUT2D eigenvalue weighted by Crippen LogP contribution is -2.48. The molecular formula is C26H21N7OS. The molecule has 0 radical (unpaired) electrons. The Kier molecular flexibility index (Phi) is 6.09. The number of nitriles is 2. The normalized spacial score (nSPS) is 13.5. The molecule has 1 fully saturated rings. The van der Waals surface area contributed by atoms with Crippen LogP contribution in [-0.4, -0.2) is 51.6 Å². The van der Waals surface area contributed by atoms with Crippen LogP contribution in [0.2, 0.25) is 0 Å². The molecule has 3 aromatic heterocycles. The van der Waals surface area contributed by atoms with E-state index in [1.807, 2.05) is 53.7 Å². The summed E-state index contributed by atoms with van der Waals surface area (Å²) in [6.45, 7) is 4.49. The Labute approximate surface area is 207 Å². The van der Waals surface area contributed by atoms with Gasteiger partial charge in [0.05, 0.1) is 22.8 Å². The molecule has 0 unspecified atom stereocenters. The summed E-state index contributed by atoms with van der Waals surface area (Å²) in [6.07, 6.45) is 5.28. The Morgan fingerprint density at radius 1 is 0.943 bits per heavy atom. The first-order valence-electron chi connectivity index (χ1n) is 11.1. The van der Waals surface area contributed by atoms with Crippen molar-refractivity contribution in [3.63, 3.8) is 0 Å². The number of anilines is 1. The van der Waals surface area contributed by atoms with E-state index in [0.29, 0.717) is 29.7 Å². The van der Waals surface area contributed by atoms with Crippen molar-refractivity contribution in [3.8, 4) is 23.3 Å². The molecule has 4 aromatic rings. The maximum Gasteiger partial charge on any atom is 0.219 e. The minimum absolute atomic E-state index is 0.104. The van der Waals surface area contributed by atoms with Crippen LogP contribution in [0, 0.1) is 22.7 Å². The van der Waals surface area contributed by atoms with Crippen molar-refractivity contribution in [2.75, 3.05) is 31.1 Å². The minimum atomic E-state index is 0.104. The molecule has 0 aliphatic carbocycles. The van der Waals surface area contributed by atoms with Crippen LogP contribution in [0.25, 0.3) is 16.6 Å². The third-order valence-corrected chi connectivity index (χ3v) is 7.16. The standard InChI is InChI=1S/C26H21N7OS/c1-18(34)31-8-10-32(11-9-31)25-7-6-20(15-29-25)21-12-24(26-22(14-28)16-30-33(26)17-21)35-23-5-3-2-4-19(23)13-27/h2-7,12,15-17H,8-11H2,1H3. The van der Waals surface area contributed by atoms with E-state index in [1.54, 1.807) is 23.7 Å². The van der Waals surface area contributed by atoms with Crippen LogP contribution in [-0.2, 0) is 4.79 Å². The summed E-state index contributed by atoms with van der Waals surface area (Å²) in [4.78, 5) is 22.0. The molecule has 1 aliphatic rings. The summed E-state index contributed by atoms with van der Waals surface area (Å²) >= 11 is 1.44. The van der Waals surface area contributed by atoms with Crippen LogP contribution in [0.1, 0.15) is 18.1 Å². The Morgan fingerprint density at radius 2 is 1.71 bits per heavy atom. The molecule has 0 saturated carbocycles. The fourth-order valence-electron chi connectivity index (χ4n) is 4.16. The monoisotopic (exact) mass is 479 g/mol. The number of carbonyl (C=O) groups is 1. The van der Waals surface area contributed by atoms with Gasteiger partial charge in [-0.1, -0.05) is 23.9 Å². The predicted octanol–water partition coefficient (Wildman–Crippen LogP) is 3.96.